The molecule has 3 aliphatic carbocycles. The summed E-state index contributed by atoms with van der Waals surface area (Å²) in [6.45, 7) is 3.76. The zero-order valence-corrected chi connectivity index (χ0v) is 13.9. The van der Waals surface area contributed by atoms with Crippen LogP contribution in [0.4, 0.5) is 4.39 Å². The fourth-order valence-corrected chi connectivity index (χ4v) is 4.19. The largest absolute Gasteiger partial charge is 0.396 e. The van der Waals surface area contributed by atoms with Crippen LogP contribution >= 0.6 is 0 Å². The van der Waals surface area contributed by atoms with E-state index in [1.165, 1.54) is 43.4 Å². The van der Waals surface area contributed by atoms with Crippen molar-refractivity contribution >= 4 is 6.41 Å². The van der Waals surface area contributed by atoms with Crippen LogP contribution in [0.1, 0.15) is 51.9 Å². The van der Waals surface area contributed by atoms with Crippen molar-refractivity contribution in [1.29, 1.82) is 5.26 Å². The molecule has 4 rings (SSSR count). The molecule has 2 bridgehead atoms. The SMILES string of the molecule is CCNC12CCC(CO)(CC1)CC2.N#CC1CC(F)CN1C=O. The predicted octanol–water partition coefficient (Wildman–Crippen LogP) is 1.76. The molecular formula is C17H28FN3O2. The second kappa shape index (κ2) is 7.59. The normalized spacial score (nSPS) is 38.6. The lowest BCUT2D eigenvalue weighted by molar-refractivity contribution is -0.118. The van der Waals surface area contributed by atoms with Crippen molar-refractivity contribution in [3.63, 3.8) is 0 Å². The van der Waals surface area contributed by atoms with E-state index < -0.39 is 12.2 Å². The first-order valence-electron chi connectivity index (χ1n) is 8.63. The van der Waals surface area contributed by atoms with E-state index in [1.54, 1.807) is 0 Å². The Morgan fingerprint density at radius 3 is 2.35 bits per heavy atom. The van der Waals surface area contributed by atoms with Gasteiger partial charge < -0.3 is 15.3 Å². The van der Waals surface area contributed by atoms with E-state index in [-0.39, 0.29) is 13.0 Å². The van der Waals surface area contributed by atoms with Gasteiger partial charge in [0.2, 0.25) is 6.41 Å². The molecule has 4 aliphatic rings. The summed E-state index contributed by atoms with van der Waals surface area (Å²) in [5.74, 6) is 0. The zero-order chi connectivity index (χ0) is 16.9. The number of alkyl halides is 1. The molecule has 1 heterocycles. The first-order chi connectivity index (χ1) is 11.0. The van der Waals surface area contributed by atoms with Crippen LogP contribution in [0.2, 0.25) is 0 Å². The minimum absolute atomic E-state index is 0.0712. The number of amides is 1. The number of likely N-dealkylation sites (tertiary alicyclic amines) is 1. The Morgan fingerprint density at radius 2 is 1.96 bits per heavy atom. The average Bonchev–Trinajstić information content (AvgIpc) is 2.97. The zero-order valence-electron chi connectivity index (χ0n) is 13.9. The number of halogens is 1. The average molecular weight is 325 g/mol. The van der Waals surface area contributed by atoms with E-state index in [4.69, 9.17) is 5.26 Å². The Hall–Kier alpha value is -1.19. The number of rotatable bonds is 4. The number of aliphatic hydroxyl groups is 1. The van der Waals surface area contributed by atoms with E-state index in [1.807, 2.05) is 6.07 Å². The Morgan fingerprint density at radius 1 is 1.35 bits per heavy atom. The topological polar surface area (TPSA) is 76.4 Å². The lowest BCUT2D eigenvalue weighted by atomic mass is 9.57. The van der Waals surface area contributed by atoms with Gasteiger partial charge in [-0.15, -0.1) is 0 Å². The summed E-state index contributed by atoms with van der Waals surface area (Å²) in [5.41, 5.74) is 0.767. The highest BCUT2D eigenvalue weighted by atomic mass is 19.1. The van der Waals surface area contributed by atoms with Gasteiger partial charge in [-0.1, -0.05) is 6.92 Å². The minimum atomic E-state index is -1.02. The molecule has 0 spiro atoms. The van der Waals surface area contributed by atoms with Crippen LogP contribution in [0.3, 0.4) is 0 Å². The van der Waals surface area contributed by atoms with Crippen molar-refractivity contribution in [2.45, 2.75) is 69.6 Å². The standard InChI is InChI=1S/C11H21NO.C6H7FN2O/c1-2-12-11-6-3-10(9-13,4-7-11)5-8-11;7-5-1-6(2-8)9(3-5)4-10/h12-13H,2-9H2,1H3;4-6H,1,3H2. The van der Waals surface area contributed by atoms with Gasteiger partial charge in [-0.2, -0.15) is 5.26 Å². The summed E-state index contributed by atoms with van der Waals surface area (Å²) in [6.07, 6.45) is 7.20. The Balaban J connectivity index is 0.000000174. The molecule has 2 atom stereocenters. The molecule has 0 aromatic carbocycles. The number of hydrogen-bond acceptors (Lipinski definition) is 4. The molecular weight excluding hydrogens is 297 g/mol. The van der Waals surface area contributed by atoms with E-state index in [2.05, 4.69) is 12.2 Å². The number of fused-ring (bicyclic) bond motifs is 3. The number of aliphatic hydroxyl groups excluding tert-OH is 1. The van der Waals surface area contributed by atoms with E-state index in [0.717, 1.165) is 6.54 Å². The number of carbonyl (C=O) groups excluding carboxylic acids is 1. The maximum atomic E-state index is 12.4. The van der Waals surface area contributed by atoms with Gasteiger partial charge in [-0.25, -0.2) is 4.39 Å². The molecule has 6 heteroatoms. The maximum absolute atomic E-state index is 12.4. The Bertz CT molecular complexity index is 427. The van der Waals surface area contributed by atoms with Crippen molar-refractivity contribution < 1.29 is 14.3 Å². The van der Waals surface area contributed by atoms with Gasteiger partial charge in [0.1, 0.15) is 12.2 Å². The number of nitrogens with one attached hydrogen (secondary N) is 1. The molecule has 0 radical (unpaired) electrons. The van der Waals surface area contributed by atoms with Crippen molar-refractivity contribution in [3.8, 4) is 6.07 Å². The van der Waals surface area contributed by atoms with Crippen molar-refractivity contribution in [3.05, 3.63) is 0 Å². The molecule has 23 heavy (non-hydrogen) atoms. The van der Waals surface area contributed by atoms with Crippen molar-refractivity contribution in [1.82, 2.24) is 10.2 Å². The highest BCUT2D eigenvalue weighted by Crippen LogP contribution is 2.51. The first-order valence-corrected chi connectivity index (χ1v) is 8.63. The van der Waals surface area contributed by atoms with Crippen LogP contribution in [0.15, 0.2) is 0 Å². The van der Waals surface area contributed by atoms with Gasteiger partial charge >= 0.3 is 0 Å². The summed E-state index contributed by atoms with van der Waals surface area (Å²) in [7, 11) is 0. The molecule has 2 N–H and O–H groups in total. The molecule has 0 aromatic heterocycles. The highest BCUT2D eigenvalue weighted by molar-refractivity contribution is 5.49. The quantitative estimate of drug-likeness (QED) is 0.772. The molecule has 130 valence electrons. The van der Waals surface area contributed by atoms with Gasteiger partial charge in [-0.05, 0) is 50.5 Å². The van der Waals surface area contributed by atoms with Gasteiger partial charge in [-0.3, -0.25) is 4.79 Å². The van der Waals surface area contributed by atoms with Crippen molar-refractivity contribution in [2.24, 2.45) is 5.41 Å². The molecule has 3 saturated carbocycles. The number of nitrogens with zero attached hydrogens (tertiary/aromatic N) is 2. The number of nitriles is 1. The second-order valence-corrected chi connectivity index (χ2v) is 7.25. The van der Waals surface area contributed by atoms with E-state index in [0.29, 0.717) is 24.0 Å². The molecule has 4 fully saturated rings. The van der Waals surface area contributed by atoms with Gasteiger partial charge in [0, 0.05) is 18.6 Å². The fraction of sp³-hybridized carbons (Fsp3) is 0.882. The number of hydrogen-bond donors (Lipinski definition) is 2. The third kappa shape index (κ3) is 4.02. The maximum Gasteiger partial charge on any atom is 0.210 e. The van der Waals surface area contributed by atoms with Gasteiger partial charge in [0.15, 0.2) is 0 Å². The summed E-state index contributed by atoms with van der Waals surface area (Å²) in [6, 6.07) is 1.30. The molecule has 5 nitrogen and oxygen atoms in total. The molecule has 1 aliphatic heterocycles. The van der Waals surface area contributed by atoms with Crippen molar-refractivity contribution in [2.75, 3.05) is 19.7 Å². The Kier molecular flexibility index (Phi) is 5.99. The smallest absolute Gasteiger partial charge is 0.210 e. The van der Waals surface area contributed by atoms with Crippen LogP contribution in [-0.4, -0.2) is 53.9 Å². The summed E-state index contributed by atoms with van der Waals surface area (Å²) in [4.78, 5) is 11.3. The third-order valence-corrected chi connectivity index (χ3v) is 5.86. The van der Waals surface area contributed by atoms with Crippen LogP contribution in [-0.2, 0) is 4.79 Å². The monoisotopic (exact) mass is 325 g/mol. The molecule has 0 aromatic rings. The van der Waals surface area contributed by atoms with Crippen LogP contribution in [0.5, 0.6) is 0 Å². The predicted molar refractivity (Wildman–Crippen MR) is 85.3 cm³/mol. The van der Waals surface area contributed by atoms with Gasteiger partial charge in [0.25, 0.3) is 0 Å². The van der Waals surface area contributed by atoms with E-state index in [9.17, 15) is 14.3 Å². The second-order valence-electron chi connectivity index (χ2n) is 7.25. The Labute approximate surface area is 137 Å². The first kappa shape index (κ1) is 18.2. The van der Waals surface area contributed by atoms with Gasteiger partial charge in [0.05, 0.1) is 12.6 Å². The summed E-state index contributed by atoms with van der Waals surface area (Å²) in [5, 5.41) is 21.4. The lowest BCUT2D eigenvalue weighted by Crippen LogP contribution is -2.55. The summed E-state index contributed by atoms with van der Waals surface area (Å²) < 4.78 is 12.4. The molecule has 2 unspecified atom stereocenters. The lowest BCUT2D eigenvalue weighted by Gasteiger charge is -2.53. The summed E-state index contributed by atoms with van der Waals surface area (Å²) >= 11 is 0. The van der Waals surface area contributed by atoms with Crippen LogP contribution < -0.4 is 5.32 Å². The molecule has 1 amide bonds. The van der Waals surface area contributed by atoms with Crippen LogP contribution in [0, 0.1) is 16.7 Å². The van der Waals surface area contributed by atoms with E-state index >= 15 is 0 Å². The third-order valence-electron chi connectivity index (χ3n) is 5.86. The minimum Gasteiger partial charge on any atom is -0.396 e. The number of carbonyl (C=O) groups is 1. The highest BCUT2D eigenvalue weighted by Gasteiger charge is 2.47. The fourth-order valence-electron chi connectivity index (χ4n) is 4.19. The van der Waals surface area contributed by atoms with Crippen LogP contribution in [0.25, 0.3) is 0 Å². The molecule has 1 saturated heterocycles.